The smallest absolute Gasteiger partial charge is 0.126 e. The van der Waals surface area contributed by atoms with Crippen LogP contribution in [0, 0.1) is 6.92 Å². The van der Waals surface area contributed by atoms with Gasteiger partial charge in [-0.3, -0.25) is 0 Å². The minimum Gasteiger partial charge on any atom is -0.486 e. The first-order chi connectivity index (χ1) is 7.19. The van der Waals surface area contributed by atoms with Gasteiger partial charge in [0.05, 0.1) is 18.1 Å². The van der Waals surface area contributed by atoms with E-state index in [1.165, 1.54) is 11.1 Å². The Labute approximate surface area is 89.2 Å². The van der Waals surface area contributed by atoms with Crippen LogP contribution in [0.2, 0.25) is 0 Å². The molecule has 2 aliphatic heterocycles. The molecule has 1 saturated heterocycles. The third-order valence-corrected chi connectivity index (χ3v) is 4.13. The fourth-order valence-electron chi connectivity index (χ4n) is 3.39. The standard InChI is InChI=1S/C13H14O2/c1-7-4-3-5-8-10-12-9(14-12)6-13(10,2)15-11(7)8/h3-5,9-10,12H,6H2,1-2H3/t9?,10-,12?,13+/m1/s1. The van der Waals surface area contributed by atoms with Crippen molar-refractivity contribution < 1.29 is 9.47 Å². The van der Waals surface area contributed by atoms with Crippen LogP contribution in [0.4, 0.5) is 0 Å². The molecular weight excluding hydrogens is 188 g/mol. The lowest BCUT2D eigenvalue weighted by molar-refractivity contribution is 0.0604. The third-order valence-electron chi connectivity index (χ3n) is 4.13. The van der Waals surface area contributed by atoms with E-state index in [0.717, 1.165) is 12.2 Å². The van der Waals surface area contributed by atoms with Crippen LogP contribution in [-0.4, -0.2) is 17.8 Å². The van der Waals surface area contributed by atoms with E-state index in [4.69, 9.17) is 9.47 Å². The van der Waals surface area contributed by atoms with Gasteiger partial charge >= 0.3 is 0 Å². The van der Waals surface area contributed by atoms with E-state index in [-0.39, 0.29) is 5.60 Å². The highest BCUT2D eigenvalue weighted by atomic mass is 16.6. The van der Waals surface area contributed by atoms with Gasteiger partial charge in [0.2, 0.25) is 0 Å². The van der Waals surface area contributed by atoms with Crippen molar-refractivity contribution in [3.8, 4) is 5.75 Å². The number of hydrogen-bond donors (Lipinski definition) is 0. The molecule has 2 fully saturated rings. The highest BCUT2D eigenvalue weighted by Crippen LogP contribution is 2.61. The maximum Gasteiger partial charge on any atom is 0.126 e. The van der Waals surface area contributed by atoms with E-state index in [0.29, 0.717) is 18.1 Å². The Morgan fingerprint density at radius 1 is 1.40 bits per heavy atom. The molecule has 0 radical (unpaired) electrons. The Kier molecular flexibility index (Phi) is 1.21. The van der Waals surface area contributed by atoms with Gasteiger partial charge in [0.1, 0.15) is 11.4 Å². The minimum atomic E-state index is 0.00201. The van der Waals surface area contributed by atoms with E-state index in [2.05, 4.69) is 32.0 Å². The van der Waals surface area contributed by atoms with Crippen molar-refractivity contribution >= 4 is 0 Å². The molecule has 0 spiro atoms. The fourth-order valence-corrected chi connectivity index (χ4v) is 3.39. The predicted molar refractivity (Wildman–Crippen MR) is 56.2 cm³/mol. The lowest BCUT2D eigenvalue weighted by Gasteiger charge is -2.25. The van der Waals surface area contributed by atoms with Crippen molar-refractivity contribution in [1.82, 2.24) is 0 Å². The quantitative estimate of drug-likeness (QED) is 0.602. The number of epoxide rings is 1. The summed E-state index contributed by atoms with van der Waals surface area (Å²) in [6, 6.07) is 6.44. The van der Waals surface area contributed by atoms with Crippen LogP contribution in [0.25, 0.3) is 0 Å². The summed E-state index contributed by atoms with van der Waals surface area (Å²) in [7, 11) is 0. The molecule has 2 nitrogen and oxygen atoms in total. The fraction of sp³-hybridized carbons (Fsp3) is 0.538. The first kappa shape index (κ1) is 8.17. The van der Waals surface area contributed by atoms with E-state index in [1.807, 2.05) is 0 Å². The van der Waals surface area contributed by atoms with Gasteiger partial charge in [0.15, 0.2) is 0 Å². The first-order valence-corrected chi connectivity index (χ1v) is 5.63. The number of benzene rings is 1. The van der Waals surface area contributed by atoms with Gasteiger partial charge in [0.25, 0.3) is 0 Å². The summed E-state index contributed by atoms with van der Waals surface area (Å²) in [6.45, 7) is 4.35. The minimum absolute atomic E-state index is 0.00201. The summed E-state index contributed by atoms with van der Waals surface area (Å²) in [5.41, 5.74) is 2.62. The molecule has 15 heavy (non-hydrogen) atoms. The number of fused-ring (bicyclic) bond motifs is 5. The molecule has 1 saturated carbocycles. The molecule has 2 heterocycles. The largest absolute Gasteiger partial charge is 0.486 e. The second-order valence-electron chi connectivity index (χ2n) is 5.23. The Balaban J connectivity index is 1.92. The van der Waals surface area contributed by atoms with E-state index in [1.54, 1.807) is 0 Å². The lowest BCUT2D eigenvalue weighted by Crippen LogP contribution is -2.33. The number of aryl methyl sites for hydroxylation is 1. The van der Waals surface area contributed by atoms with Crippen molar-refractivity contribution in [3.63, 3.8) is 0 Å². The second kappa shape index (κ2) is 2.22. The van der Waals surface area contributed by atoms with Crippen LogP contribution in [0.3, 0.4) is 0 Å². The molecule has 4 rings (SSSR count). The highest BCUT2D eigenvalue weighted by molar-refractivity contribution is 5.51. The molecule has 0 bridgehead atoms. The monoisotopic (exact) mass is 202 g/mol. The Bertz CT molecular complexity index is 454. The van der Waals surface area contributed by atoms with Gasteiger partial charge in [-0.15, -0.1) is 0 Å². The van der Waals surface area contributed by atoms with Crippen molar-refractivity contribution in [1.29, 1.82) is 0 Å². The second-order valence-corrected chi connectivity index (χ2v) is 5.23. The van der Waals surface area contributed by atoms with Gasteiger partial charge in [-0.25, -0.2) is 0 Å². The predicted octanol–water partition coefficient (Wildman–Crippen LogP) is 2.40. The zero-order valence-corrected chi connectivity index (χ0v) is 8.99. The van der Waals surface area contributed by atoms with Crippen LogP contribution in [0.1, 0.15) is 30.4 Å². The summed E-state index contributed by atoms with van der Waals surface area (Å²) in [5, 5.41) is 0. The third kappa shape index (κ3) is 0.847. The average Bonchev–Trinajstić information content (AvgIpc) is 2.71. The van der Waals surface area contributed by atoms with Crippen LogP contribution in [0.5, 0.6) is 5.75 Å². The van der Waals surface area contributed by atoms with Crippen LogP contribution in [-0.2, 0) is 4.74 Å². The number of para-hydroxylation sites is 1. The van der Waals surface area contributed by atoms with Gasteiger partial charge in [-0.2, -0.15) is 0 Å². The van der Waals surface area contributed by atoms with Gasteiger partial charge in [-0.1, -0.05) is 18.2 Å². The van der Waals surface area contributed by atoms with Gasteiger partial charge in [0, 0.05) is 12.0 Å². The molecule has 0 aromatic heterocycles. The molecule has 4 atom stereocenters. The van der Waals surface area contributed by atoms with Crippen molar-refractivity contribution in [2.75, 3.05) is 0 Å². The molecule has 2 unspecified atom stereocenters. The average molecular weight is 202 g/mol. The van der Waals surface area contributed by atoms with Gasteiger partial charge < -0.3 is 9.47 Å². The topological polar surface area (TPSA) is 21.8 Å². The molecular formula is C13H14O2. The molecule has 78 valence electrons. The summed E-state index contributed by atoms with van der Waals surface area (Å²) < 4.78 is 11.8. The summed E-state index contributed by atoms with van der Waals surface area (Å²) >= 11 is 0. The molecule has 1 aromatic carbocycles. The van der Waals surface area contributed by atoms with E-state index >= 15 is 0 Å². The highest BCUT2D eigenvalue weighted by Gasteiger charge is 2.66. The zero-order valence-electron chi connectivity index (χ0n) is 8.99. The number of hydrogen-bond acceptors (Lipinski definition) is 2. The van der Waals surface area contributed by atoms with E-state index in [9.17, 15) is 0 Å². The zero-order chi connectivity index (χ0) is 10.2. The lowest BCUT2D eigenvalue weighted by atomic mass is 9.87. The van der Waals surface area contributed by atoms with Crippen molar-refractivity contribution in [2.24, 2.45) is 0 Å². The Hall–Kier alpha value is -1.02. The van der Waals surface area contributed by atoms with Crippen LogP contribution < -0.4 is 4.74 Å². The Morgan fingerprint density at radius 3 is 3.13 bits per heavy atom. The first-order valence-electron chi connectivity index (χ1n) is 5.63. The maximum atomic E-state index is 6.17. The van der Waals surface area contributed by atoms with Crippen LogP contribution in [0.15, 0.2) is 18.2 Å². The summed E-state index contributed by atoms with van der Waals surface area (Å²) in [5.74, 6) is 1.58. The summed E-state index contributed by atoms with van der Waals surface area (Å²) in [4.78, 5) is 0. The molecule has 0 amide bonds. The molecule has 1 aliphatic carbocycles. The molecule has 2 heteroatoms. The summed E-state index contributed by atoms with van der Waals surface area (Å²) in [6.07, 6.45) is 1.95. The molecule has 3 aliphatic rings. The van der Waals surface area contributed by atoms with E-state index < -0.39 is 0 Å². The number of ether oxygens (including phenoxy) is 2. The maximum absolute atomic E-state index is 6.17. The molecule has 0 N–H and O–H groups in total. The SMILES string of the molecule is Cc1cccc2c1O[C@@]1(C)CC3OC3[C@@H]21. The number of rotatable bonds is 0. The van der Waals surface area contributed by atoms with Crippen molar-refractivity contribution in [3.05, 3.63) is 29.3 Å². The normalized spacial score (nSPS) is 44.3. The van der Waals surface area contributed by atoms with Gasteiger partial charge in [-0.05, 0) is 19.4 Å². The Morgan fingerprint density at radius 2 is 2.27 bits per heavy atom. The van der Waals surface area contributed by atoms with Crippen molar-refractivity contribution in [2.45, 2.75) is 44.0 Å². The molecule has 1 aromatic rings. The van der Waals surface area contributed by atoms with Crippen LogP contribution >= 0.6 is 0 Å².